The molecule has 0 aromatic heterocycles. The van der Waals surface area contributed by atoms with Crippen LogP contribution in [0.4, 0.5) is 23.2 Å². The first-order valence-electron chi connectivity index (χ1n) is 7.63. The van der Waals surface area contributed by atoms with Crippen molar-refractivity contribution in [2.45, 2.75) is 23.5 Å². The van der Waals surface area contributed by atoms with Crippen molar-refractivity contribution in [3.63, 3.8) is 0 Å². The van der Waals surface area contributed by atoms with Gasteiger partial charge in [-0.25, -0.2) is 4.39 Å². The van der Waals surface area contributed by atoms with Crippen LogP contribution in [0.1, 0.15) is 18.1 Å². The highest BCUT2D eigenvalue weighted by atomic mass is 32.2. The standard InChI is InChI=1S/C18H15F4N3OS/c1-17(24,10-27-14-6-3-12(19)4-7-14)16(26)25-13-5-2-11(9-23)15(8-13)18(20,21)22/h2-8H,10,24H2,1H3,(H,25,26). The Morgan fingerprint density at radius 1 is 1.22 bits per heavy atom. The Morgan fingerprint density at radius 2 is 1.85 bits per heavy atom. The van der Waals surface area contributed by atoms with Crippen molar-refractivity contribution < 1.29 is 22.4 Å². The van der Waals surface area contributed by atoms with Gasteiger partial charge in [0, 0.05) is 16.3 Å². The summed E-state index contributed by atoms with van der Waals surface area (Å²) in [6.07, 6.45) is -4.73. The third-order valence-corrected chi connectivity index (χ3v) is 4.92. The van der Waals surface area contributed by atoms with E-state index >= 15 is 0 Å². The molecular formula is C18H15F4N3OS. The highest BCUT2D eigenvalue weighted by Gasteiger charge is 2.34. The van der Waals surface area contributed by atoms with Crippen molar-refractivity contribution in [2.75, 3.05) is 11.1 Å². The quantitative estimate of drug-likeness (QED) is 0.586. The van der Waals surface area contributed by atoms with Crippen molar-refractivity contribution in [1.82, 2.24) is 0 Å². The first-order valence-corrected chi connectivity index (χ1v) is 8.61. The molecule has 0 radical (unpaired) electrons. The number of rotatable bonds is 5. The van der Waals surface area contributed by atoms with E-state index in [1.54, 1.807) is 0 Å². The van der Waals surface area contributed by atoms with Crippen LogP contribution in [0.25, 0.3) is 0 Å². The summed E-state index contributed by atoms with van der Waals surface area (Å²) in [6.45, 7) is 1.44. The summed E-state index contributed by atoms with van der Waals surface area (Å²) in [6, 6.07) is 9.95. The summed E-state index contributed by atoms with van der Waals surface area (Å²) in [5, 5.41) is 11.1. The van der Waals surface area contributed by atoms with Crippen LogP contribution in [0.5, 0.6) is 0 Å². The van der Waals surface area contributed by atoms with E-state index in [0.717, 1.165) is 6.07 Å². The number of alkyl halides is 3. The Hall–Kier alpha value is -2.57. The second-order valence-corrected chi connectivity index (χ2v) is 7.03. The number of nitrogens with two attached hydrogens (primary N) is 1. The fourth-order valence-electron chi connectivity index (χ4n) is 2.06. The molecule has 0 aliphatic carbocycles. The second kappa shape index (κ2) is 7.98. The van der Waals surface area contributed by atoms with Crippen LogP contribution in [0, 0.1) is 17.1 Å². The fraction of sp³-hybridized carbons (Fsp3) is 0.222. The molecule has 0 fully saturated rings. The Bertz CT molecular complexity index is 874. The van der Waals surface area contributed by atoms with E-state index in [2.05, 4.69) is 5.32 Å². The van der Waals surface area contributed by atoms with E-state index in [9.17, 15) is 22.4 Å². The van der Waals surface area contributed by atoms with Crippen molar-refractivity contribution in [2.24, 2.45) is 5.73 Å². The van der Waals surface area contributed by atoms with E-state index in [1.807, 2.05) is 0 Å². The van der Waals surface area contributed by atoms with Crippen molar-refractivity contribution in [3.8, 4) is 6.07 Å². The molecule has 1 atom stereocenters. The molecule has 0 aliphatic heterocycles. The number of nitrogens with zero attached hydrogens (tertiary/aromatic N) is 1. The summed E-state index contributed by atoms with van der Waals surface area (Å²) in [5.74, 6) is -0.962. The zero-order valence-corrected chi connectivity index (χ0v) is 14.9. The van der Waals surface area contributed by atoms with Gasteiger partial charge in [-0.3, -0.25) is 4.79 Å². The number of nitriles is 1. The molecule has 9 heteroatoms. The normalized spacial score (nSPS) is 13.5. The monoisotopic (exact) mass is 397 g/mol. The Labute approximate surface area is 157 Å². The van der Waals surface area contributed by atoms with Gasteiger partial charge in [0.25, 0.3) is 0 Å². The lowest BCUT2D eigenvalue weighted by atomic mass is 10.0. The lowest BCUT2D eigenvalue weighted by molar-refractivity contribution is -0.137. The first-order chi connectivity index (χ1) is 12.5. The molecule has 2 aromatic carbocycles. The van der Waals surface area contributed by atoms with Crippen LogP contribution in [0.15, 0.2) is 47.4 Å². The van der Waals surface area contributed by atoms with Gasteiger partial charge in [-0.2, -0.15) is 18.4 Å². The molecule has 1 amide bonds. The van der Waals surface area contributed by atoms with E-state index in [1.165, 1.54) is 55.1 Å². The van der Waals surface area contributed by atoms with Crippen molar-refractivity contribution in [3.05, 3.63) is 59.4 Å². The molecule has 2 aromatic rings. The van der Waals surface area contributed by atoms with Crippen LogP contribution >= 0.6 is 11.8 Å². The molecule has 0 saturated carbocycles. The number of hydrogen-bond acceptors (Lipinski definition) is 4. The highest BCUT2D eigenvalue weighted by molar-refractivity contribution is 7.99. The Kier molecular flexibility index (Phi) is 6.13. The molecule has 0 heterocycles. The number of carbonyl (C=O) groups is 1. The first kappa shape index (κ1) is 20.7. The van der Waals surface area contributed by atoms with E-state index in [4.69, 9.17) is 11.0 Å². The van der Waals surface area contributed by atoms with Gasteiger partial charge in [-0.05, 0) is 49.4 Å². The number of anilines is 1. The van der Waals surface area contributed by atoms with Gasteiger partial charge in [0.15, 0.2) is 0 Å². The third kappa shape index (κ3) is 5.45. The minimum atomic E-state index is -4.73. The SMILES string of the molecule is CC(N)(CSc1ccc(F)cc1)C(=O)Nc1ccc(C#N)c(C(F)(F)F)c1. The van der Waals surface area contributed by atoms with Gasteiger partial charge < -0.3 is 11.1 Å². The summed E-state index contributed by atoms with van der Waals surface area (Å²) < 4.78 is 51.9. The lowest BCUT2D eigenvalue weighted by Gasteiger charge is -2.23. The minimum absolute atomic E-state index is 0.116. The number of carbonyl (C=O) groups excluding carboxylic acids is 1. The molecule has 0 aliphatic rings. The van der Waals surface area contributed by atoms with Gasteiger partial charge in [0.05, 0.1) is 17.2 Å². The van der Waals surface area contributed by atoms with E-state index in [-0.39, 0.29) is 11.4 Å². The summed E-state index contributed by atoms with van der Waals surface area (Å²) in [7, 11) is 0. The molecule has 142 valence electrons. The number of amides is 1. The number of halogens is 4. The topological polar surface area (TPSA) is 78.9 Å². The van der Waals surface area contributed by atoms with Crippen LogP contribution in [0.2, 0.25) is 0 Å². The van der Waals surface area contributed by atoms with Gasteiger partial charge in [0.1, 0.15) is 11.4 Å². The second-order valence-electron chi connectivity index (χ2n) is 5.98. The molecule has 1 unspecified atom stereocenters. The summed E-state index contributed by atoms with van der Waals surface area (Å²) >= 11 is 1.21. The maximum atomic E-state index is 13.0. The summed E-state index contributed by atoms with van der Waals surface area (Å²) in [5.41, 5.74) is 2.79. The maximum absolute atomic E-state index is 13.0. The molecule has 2 rings (SSSR count). The summed E-state index contributed by atoms with van der Waals surface area (Å²) in [4.78, 5) is 13.1. The number of nitrogens with one attached hydrogen (secondary N) is 1. The molecule has 4 nitrogen and oxygen atoms in total. The van der Waals surface area contributed by atoms with Crippen molar-refractivity contribution >= 4 is 23.4 Å². The Balaban J connectivity index is 2.11. The van der Waals surface area contributed by atoms with E-state index in [0.29, 0.717) is 11.0 Å². The maximum Gasteiger partial charge on any atom is 0.417 e. The number of thioether (sulfide) groups is 1. The fourth-order valence-corrected chi connectivity index (χ4v) is 2.98. The van der Waals surface area contributed by atoms with Crippen molar-refractivity contribution in [1.29, 1.82) is 5.26 Å². The zero-order chi connectivity index (χ0) is 20.2. The van der Waals surface area contributed by atoms with Gasteiger partial charge >= 0.3 is 6.18 Å². The zero-order valence-electron chi connectivity index (χ0n) is 14.1. The van der Waals surface area contributed by atoms with Crippen LogP contribution in [-0.4, -0.2) is 17.2 Å². The number of hydrogen-bond donors (Lipinski definition) is 2. The average molecular weight is 397 g/mol. The third-order valence-electron chi connectivity index (χ3n) is 3.57. The smallest absolute Gasteiger partial charge is 0.324 e. The Morgan fingerprint density at radius 3 is 2.41 bits per heavy atom. The highest BCUT2D eigenvalue weighted by Crippen LogP contribution is 2.33. The molecule has 0 saturated heterocycles. The van der Waals surface area contributed by atoms with Crippen LogP contribution in [-0.2, 0) is 11.0 Å². The minimum Gasteiger partial charge on any atom is -0.324 e. The van der Waals surface area contributed by atoms with E-state index < -0.39 is 34.6 Å². The molecule has 27 heavy (non-hydrogen) atoms. The molecule has 0 bridgehead atoms. The molecular weight excluding hydrogens is 382 g/mol. The van der Waals surface area contributed by atoms with Crippen LogP contribution < -0.4 is 11.1 Å². The predicted octanol–water partition coefficient (Wildman–Crippen LogP) is 4.16. The van der Waals surface area contributed by atoms with Gasteiger partial charge in [-0.1, -0.05) is 0 Å². The van der Waals surface area contributed by atoms with Gasteiger partial charge in [0.2, 0.25) is 5.91 Å². The lowest BCUT2D eigenvalue weighted by Crippen LogP contribution is -2.50. The largest absolute Gasteiger partial charge is 0.417 e. The number of benzene rings is 2. The predicted molar refractivity (Wildman–Crippen MR) is 94.5 cm³/mol. The van der Waals surface area contributed by atoms with Gasteiger partial charge in [-0.15, -0.1) is 11.8 Å². The molecule has 0 spiro atoms. The molecule has 3 N–H and O–H groups in total. The van der Waals surface area contributed by atoms with Crippen LogP contribution in [0.3, 0.4) is 0 Å². The average Bonchev–Trinajstić information content (AvgIpc) is 2.60.